The van der Waals surface area contributed by atoms with Crippen LogP contribution in [-0.4, -0.2) is 26.7 Å². The summed E-state index contributed by atoms with van der Waals surface area (Å²) in [4.78, 5) is 0. The Morgan fingerprint density at radius 3 is 2.40 bits per heavy atom. The predicted octanol–water partition coefficient (Wildman–Crippen LogP) is -0.0174. The fraction of sp³-hybridized carbons (Fsp3) is 0.333. The molecule has 0 amide bonds. The van der Waals surface area contributed by atoms with Crippen LogP contribution >= 0.6 is 0 Å². The number of rotatable bonds is 5. The van der Waals surface area contributed by atoms with Gasteiger partial charge in [-0.2, -0.15) is 8.42 Å². The van der Waals surface area contributed by atoms with Gasteiger partial charge in [-0.1, -0.05) is 30.3 Å². The van der Waals surface area contributed by atoms with Gasteiger partial charge in [0.15, 0.2) is 0 Å². The first-order chi connectivity index (χ1) is 7.03. The number of hydrogen-bond acceptors (Lipinski definition) is 4. The highest BCUT2D eigenvalue weighted by molar-refractivity contribution is 7.84. The maximum atomic E-state index is 10.6. The van der Waals surface area contributed by atoms with E-state index in [-0.39, 0.29) is 19.1 Å². The fourth-order valence-corrected chi connectivity index (χ4v) is 1.51. The van der Waals surface area contributed by atoms with Crippen LogP contribution in [0, 0.1) is 0 Å². The Hall–Kier alpha value is -0.950. The van der Waals surface area contributed by atoms with E-state index in [0.717, 1.165) is 5.56 Å². The van der Waals surface area contributed by atoms with Gasteiger partial charge in [0.25, 0.3) is 0 Å². The summed E-state index contributed by atoms with van der Waals surface area (Å²) in [5, 5.41) is 13.7. The van der Waals surface area contributed by atoms with E-state index in [1.54, 1.807) is 24.3 Å². The molecular formula is C9H13NO4S. The monoisotopic (exact) mass is 231 g/mol. The van der Waals surface area contributed by atoms with Crippen LogP contribution in [0.3, 0.4) is 0 Å². The minimum absolute atomic E-state index is 0.153. The minimum Gasteiger partial charge on any atom is -0.396 e. The van der Waals surface area contributed by atoms with Crippen LogP contribution in [0.25, 0.3) is 0 Å². The molecule has 6 heteroatoms. The smallest absolute Gasteiger partial charge is 0.333 e. The van der Waals surface area contributed by atoms with Gasteiger partial charge in [-0.25, -0.2) is 5.14 Å². The summed E-state index contributed by atoms with van der Waals surface area (Å²) in [7, 11) is -3.95. The van der Waals surface area contributed by atoms with Crippen LogP contribution in [0.1, 0.15) is 11.5 Å². The van der Waals surface area contributed by atoms with Gasteiger partial charge in [-0.3, -0.25) is 4.18 Å². The molecule has 0 fully saturated rings. The molecule has 0 saturated carbocycles. The van der Waals surface area contributed by atoms with Gasteiger partial charge >= 0.3 is 10.3 Å². The van der Waals surface area contributed by atoms with Crippen LogP contribution in [0.15, 0.2) is 30.3 Å². The Morgan fingerprint density at radius 2 is 1.93 bits per heavy atom. The lowest BCUT2D eigenvalue weighted by Gasteiger charge is -2.13. The first kappa shape index (κ1) is 12.1. The minimum atomic E-state index is -3.95. The normalized spacial score (nSPS) is 13.7. The van der Waals surface area contributed by atoms with Crippen molar-refractivity contribution >= 4 is 10.3 Å². The molecule has 0 heterocycles. The van der Waals surface area contributed by atoms with Crippen molar-refractivity contribution in [3.8, 4) is 0 Å². The summed E-state index contributed by atoms with van der Waals surface area (Å²) >= 11 is 0. The van der Waals surface area contributed by atoms with Gasteiger partial charge in [0, 0.05) is 5.92 Å². The summed E-state index contributed by atoms with van der Waals surface area (Å²) in [5.41, 5.74) is 0.809. The Labute approximate surface area is 88.7 Å². The van der Waals surface area contributed by atoms with Gasteiger partial charge in [0.1, 0.15) is 0 Å². The molecule has 0 bridgehead atoms. The second-order valence-electron chi connectivity index (χ2n) is 3.07. The molecule has 1 unspecified atom stereocenters. The third-order valence-electron chi connectivity index (χ3n) is 1.92. The Morgan fingerprint density at radius 1 is 1.33 bits per heavy atom. The average Bonchev–Trinajstić information content (AvgIpc) is 2.19. The highest BCUT2D eigenvalue weighted by Gasteiger charge is 2.13. The molecule has 1 rings (SSSR count). The zero-order valence-corrected chi connectivity index (χ0v) is 8.85. The second kappa shape index (κ2) is 5.22. The van der Waals surface area contributed by atoms with E-state index in [1.165, 1.54) is 0 Å². The molecule has 0 spiro atoms. The topological polar surface area (TPSA) is 89.6 Å². The number of nitrogens with two attached hydrogens (primary N) is 1. The van der Waals surface area contributed by atoms with E-state index in [2.05, 4.69) is 9.32 Å². The van der Waals surface area contributed by atoms with Crippen LogP contribution in [0.2, 0.25) is 0 Å². The molecule has 3 N–H and O–H groups in total. The maximum absolute atomic E-state index is 10.6. The predicted molar refractivity (Wildman–Crippen MR) is 55.3 cm³/mol. The third kappa shape index (κ3) is 4.39. The zero-order valence-electron chi connectivity index (χ0n) is 8.04. The van der Waals surface area contributed by atoms with E-state index in [1.807, 2.05) is 6.07 Å². The Kier molecular flexibility index (Phi) is 4.22. The van der Waals surface area contributed by atoms with Crippen molar-refractivity contribution in [1.82, 2.24) is 0 Å². The van der Waals surface area contributed by atoms with Gasteiger partial charge in [0.05, 0.1) is 13.2 Å². The Balaban J connectivity index is 2.66. The molecule has 5 nitrogen and oxygen atoms in total. The lowest BCUT2D eigenvalue weighted by atomic mass is 10.0. The lowest BCUT2D eigenvalue weighted by molar-refractivity contribution is 0.208. The quantitative estimate of drug-likeness (QED) is 0.745. The number of aliphatic hydroxyl groups is 1. The van der Waals surface area contributed by atoms with Crippen molar-refractivity contribution in [1.29, 1.82) is 0 Å². The van der Waals surface area contributed by atoms with Crippen LogP contribution < -0.4 is 5.14 Å². The molecule has 0 aromatic heterocycles. The standard InChI is InChI=1S/C9H13NO4S/c10-15(12,13)14-7-9(6-11)8-4-2-1-3-5-8/h1-5,9,11H,6-7H2,(H2,10,12,13). The van der Waals surface area contributed by atoms with E-state index in [9.17, 15) is 8.42 Å². The van der Waals surface area contributed by atoms with Gasteiger partial charge < -0.3 is 5.11 Å². The van der Waals surface area contributed by atoms with E-state index in [4.69, 9.17) is 5.11 Å². The summed E-state index contributed by atoms with van der Waals surface area (Å²) in [6.45, 7) is -0.348. The summed E-state index contributed by atoms with van der Waals surface area (Å²) in [6.07, 6.45) is 0. The summed E-state index contributed by atoms with van der Waals surface area (Å²) in [5.74, 6) is -0.385. The van der Waals surface area contributed by atoms with Crippen molar-refractivity contribution in [2.75, 3.05) is 13.2 Å². The molecule has 0 aliphatic rings. The first-order valence-corrected chi connectivity index (χ1v) is 5.83. The van der Waals surface area contributed by atoms with Crippen LogP contribution in [0.5, 0.6) is 0 Å². The van der Waals surface area contributed by atoms with E-state index >= 15 is 0 Å². The zero-order chi connectivity index (χ0) is 11.3. The molecule has 0 aliphatic heterocycles. The third-order valence-corrected chi connectivity index (χ3v) is 2.39. The van der Waals surface area contributed by atoms with Crippen molar-refractivity contribution in [2.24, 2.45) is 5.14 Å². The lowest BCUT2D eigenvalue weighted by Crippen LogP contribution is -2.21. The molecule has 0 saturated heterocycles. The van der Waals surface area contributed by atoms with Gasteiger partial charge in [0.2, 0.25) is 0 Å². The molecule has 0 aliphatic carbocycles. The molecule has 15 heavy (non-hydrogen) atoms. The van der Waals surface area contributed by atoms with E-state index < -0.39 is 10.3 Å². The first-order valence-electron chi connectivity index (χ1n) is 4.36. The van der Waals surface area contributed by atoms with Crippen molar-refractivity contribution in [2.45, 2.75) is 5.92 Å². The SMILES string of the molecule is NS(=O)(=O)OCC(CO)c1ccccc1. The summed E-state index contributed by atoms with van der Waals surface area (Å²) < 4.78 is 25.5. The average molecular weight is 231 g/mol. The van der Waals surface area contributed by atoms with Crippen LogP contribution in [0.4, 0.5) is 0 Å². The van der Waals surface area contributed by atoms with Crippen LogP contribution in [-0.2, 0) is 14.5 Å². The number of benzene rings is 1. The molecule has 1 aromatic carbocycles. The molecule has 1 atom stereocenters. The molecule has 1 aromatic rings. The second-order valence-corrected chi connectivity index (χ2v) is 4.29. The van der Waals surface area contributed by atoms with Crippen molar-refractivity contribution < 1.29 is 17.7 Å². The van der Waals surface area contributed by atoms with Gasteiger partial charge in [-0.15, -0.1) is 0 Å². The number of aliphatic hydroxyl groups excluding tert-OH is 1. The van der Waals surface area contributed by atoms with E-state index in [0.29, 0.717) is 0 Å². The highest BCUT2D eigenvalue weighted by Crippen LogP contribution is 2.15. The molecular weight excluding hydrogens is 218 g/mol. The van der Waals surface area contributed by atoms with Crippen molar-refractivity contribution in [3.05, 3.63) is 35.9 Å². The fourth-order valence-electron chi connectivity index (χ4n) is 1.16. The summed E-state index contributed by atoms with van der Waals surface area (Å²) in [6, 6.07) is 9.00. The van der Waals surface area contributed by atoms with Gasteiger partial charge in [-0.05, 0) is 5.56 Å². The maximum Gasteiger partial charge on any atom is 0.333 e. The molecule has 84 valence electrons. The van der Waals surface area contributed by atoms with Crippen molar-refractivity contribution in [3.63, 3.8) is 0 Å². The highest BCUT2D eigenvalue weighted by atomic mass is 32.2. The number of hydrogen-bond donors (Lipinski definition) is 2. The Bertz CT molecular complexity index is 390. The molecule has 0 radical (unpaired) electrons. The largest absolute Gasteiger partial charge is 0.396 e.